The summed E-state index contributed by atoms with van der Waals surface area (Å²) in [6.07, 6.45) is 1.24. The van der Waals surface area contributed by atoms with E-state index >= 15 is 0 Å². The topological polar surface area (TPSA) is 157 Å². The van der Waals surface area contributed by atoms with Gasteiger partial charge in [-0.2, -0.15) is 5.10 Å². The number of hydrogen-bond acceptors (Lipinski definition) is 8. The summed E-state index contributed by atoms with van der Waals surface area (Å²) in [5.41, 5.74) is 2.79. The number of hydrogen-bond donors (Lipinski definition) is 2. The third-order valence-corrected chi connectivity index (χ3v) is 5.48. The SMILES string of the molecule is CC(=O)Nc1ccccc1Sc1ccc([N+](=O)[O-])cc1/C=N/NC(=O)c1cccc([N+](=O)[O-])c1. The van der Waals surface area contributed by atoms with Gasteiger partial charge < -0.3 is 5.32 Å². The first-order valence-electron chi connectivity index (χ1n) is 9.65. The maximum Gasteiger partial charge on any atom is 0.271 e. The van der Waals surface area contributed by atoms with Crippen LogP contribution < -0.4 is 10.7 Å². The molecule has 3 rings (SSSR count). The Labute approximate surface area is 197 Å². The lowest BCUT2D eigenvalue weighted by Gasteiger charge is -2.11. The van der Waals surface area contributed by atoms with Gasteiger partial charge >= 0.3 is 0 Å². The van der Waals surface area contributed by atoms with Gasteiger partial charge in [0.2, 0.25) is 5.91 Å². The molecule has 34 heavy (non-hydrogen) atoms. The average molecular weight is 479 g/mol. The van der Waals surface area contributed by atoms with Crippen molar-refractivity contribution in [2.24, 2.45) is 5.10 Å². The van der Waals surface area contributed by atoms with Gasteiger partial charge in [-0.05, 0) is 24.3 Å². The predicted molar refractivity (Wildman–Crippen MR) is 126 cm³/mol. The maximum absolute atomic E-state index is 12.3. The molecule has 0 aromatic heterocycles. The summed E-state index contributed by atoms with van der Waals surface area (Å²) < 4.78 is 0. The fraction of sp³-hybridized carbons (Fsp3) is 0.0455. The van der Waals surface area contributed by atoms with E-state index in [9.17, 15) is 29.8 Å². The summed E-state index contributed by atoms with van der Waals surface area (Å²) in [5, 5.41) is 28.7. The zero-order valence-electron chi connectivity index (χ0n) is 17.6. The van der Waals surface area contributed by atoms with Crippen molar-refractivity contribution in [3.05, 3.63) is 98.1 Å². The van der Waals surface area contributed by atoms with Crippen LogP contribution in [0.1, 0.15) is 22.8 Å². The second kappa shape index (κ2) is 10.8. The van der Waals surface area contributed by atoms with Gasteiger partial charge in [-0.15, -0.1) is 0 Å². The van der Waals surface area contributed by atoms with E-state index in [1.165, 1.54) is 61.3 Å². The van der Waals surface area contributed by atoms with Crippen LogP contribution in [0.5, 0.6) is 0 Å². The van der Waals surface area contributed by atoms with Crippen LogP contribution in [-0.2, 0) is 4.79 Å². The van der Waals surface area contributed by atoms with Gasteiger partial charge in [0.25, 0.3) is 17.3 Å². The van der Waals surface area contributed by atoms with E-state index in [0.29, 0.717) is 21.0 Å². The van der Waals surface area contributed by atoms with E-state index in [4.69, 9.17) is 0 Å². The number of nitro groups is 2. The van der Waals surface area contributed by atoms with Crippen molar-refractivity contribution < 1.29 is 19.4 Å². The van der Waals surface area contributed by atoms with Gasteiger partial charge in [-0.3, -0.25) is 29.8 Å². The highest BCUT2D eigenvalue weighted by atomic mass is 32.2. The lowest BCUT2D eigenvalue weighted by Crippen LogP contribution is -2.17. The molecule has 2 amide bonds. The molecule has 0 aliphatic rings. The van der Waals surface area contributed by atoms with Crippen molar-refractivity contribution in [2.75, 3.05) is 5.32 Å². The molecule has 0 saturated heterocycles. The Bertz CT molecular complexity index is 1310. The van der Waals surface area contributed by atoms with Gasteiger partial charge in [-0.25, -0.2) is 5.43 Å². The molecule has 12 heteroatoms. The maximum atomic E-state index is 12.3. The van der Waals surface area contributed by atoms with Crippen LogP contribution in [0.2, 0.25) is 0 Å². The normalized spacial score (nSPS) is 10.6. The largest absolute Gasteiger partial charge is 0.325 e. The van der Waals surface area contributed by atoms with Crippen LogP contribution in [0.4, 0.5) is 17.1 Å². The highest BCUT2D eigenvalue weighted by molar-refractivity contribution is 7.99. The van der Waals surface area contributed by atoms with E-state index in [-0.39, 0.29) is 22.8 Å². The van der Waals surface area contributed by atoms with Crippen molar-refractivity contribution in [3.63, 3.8) is 0 Å². The number of anilines is 1. The molecular formula is C22H17N5O6S. The molecule has 0 atom stereocenters. The zero-order valence-corrected chi connectivity index (χ0v) is 18.4. The number of nitrogens with one attached hydrogen (secondary N) is 2. The fourth-order valence-electron chi connectivity index (χ4n) is 2.80. The summed E-state index contributed by atoms with van der Waals surface area (Å²) in [4.78, 5) is 46.0. The standard InChI is InChI=1S/C22H17N5O6S/c1-14(28)24-19-7-2-3-8-21(19)34-20-10-9-18(27(32)33)12-16(20)13-23-25-22(29)15-5-4-6-17(11-15)26(30)31/h2-13H,1H3,(H,24,28)(H,25,29)/b23-13+. The smallest absolute Gasteiger partial charge is 0.271 e. The number of nitro benzene ring substituents is 2. The Balaban J connectivity index is 1.86. The van der Waals surface area contributed by atoms with Crippen LogP contribution >= 0.6 is 11.8 Å². The molecule has 172 valence electrons. The van der Waals surface area contributed by atoms with Gasteiger partial charge in [0, 0.05) is 52.1 Å². The molecule has 2 N–H and O–H groups in total. The van der Waals surface area contributed by atoms with Crippen LogP contribution in [0, 0.1) is 20.2 Å². The van der Waals surface area contributed by atoms with Crippen molar-refractivity contribution in [1.29, 1.82) is 0 Å². The zero-order chi connectivity index (χ0) is 24.7. The molecule has 0 unspecified atom stereocenters. The number of amides is 2. The van der Waals surface area contributed by atoms with Crippen LogP contribution in [-0.4, -0.2) is 27.9 Å². The molecular weight excluding hydrogens is 462 g/mol. The highest BCUT2D eigenvalue weighted by Gasteiger charge is 2.14. The average Bonchev–Trinajstić information content (AvgIpc) is 2.80. The minimum atomic E-state index is -0.685. The summed E-state index contributed by atoms with van der Waals surface area (Å²) in [7, 11) is 0. The van der Waals surface area contributed by atoms with E-state index in [0.717, 1.165) is 6.07 Å². The second-order valence-electron chi connectivity index (χ2n) is 6.77. The lowest BCUT2D eigenvalue weighted by molar-refractivity contribution is -0.385. The molecule has 0 heterocycles. The van der Waals surface area contributed by atoms with Crippen molar-refractivity contribution in [3.8, 4) is 0 Å². The van der Waals surface area contributed by atoms with Gasteiger partial charge in [0.05, 0.1) is 21.7 Å². The van der Waals surface area contributed by atoms with E-state index in [1.807, 2.05) is 0 Å². The molecule has 0 spiro atoms. The molecule has 3 aromatic carbocycles. The number of non-ortho nitro benzene ring substituents is 2. The fourth-order valence-corrected chi connectivity index (χ4v) is 3.77. The number of benzene rings is 3. The Morgan fingerprint density at radius 1 is 0.912 bits per heavy atom. The molecule has 0 aliphatic heterocycles. The third-order valence-electron chi connectivity index (χ3n) is 4.31. The van der Waals surface area contributed by atoms with E-state index in [1.54, 1.807) is 24.3 Å². The summed E-state index contributed by atoms with van der Waals surface area (Å²) in [6, 6.07) is 16.4. The van der Waals surface area contributed by atoms with Gasteiger partial charge in [0.1, 0.15) is 0 Å². The first-order valence-corrected chi connectivity index (χ1v) is 10.5. The molecule has 0 aliphatic carbocycles. The number of carbonyl (C=O) groups excluding carboxylic acids is 2. The van der Waals surface area contributed by atoms with E-state index in [2.05, 4.69) is 15.8 Å². The van der Waals surface area contributed by atoms with E-state index < -0.39 is 15.8 Å². The minimum Gasteiger partial charge on any atom is -0.325 e. The second-order valence-corrected chi connectivity index (χ2v) is 7.85. The van der Waals surface area contributed by atoms with Crippen molar-refractivity contribution in [2.45, 2.75) is 16.7 Å². The Kier molecular flexibility index (Phi) is 7.67. The number of para-hydroxylation sites is 1. The van der Waals surface area contributed by atoms with Gasteiger partial charge in [0.15, 0.2) is 0 Å². The number of hydrazone groups is 1. The Morgan fingerprint density at radius 3 is 2.32 bits per heavy atom. The minimum absolute atomic E-state index is 0.0317. The highest BCUT2D eigenvalue weighted by Crippen LogP contribution is 2.36. The Morgan fingerprint density at radius 2 is 1.62 bits per heavy atom. The summed E-state index contributed by atoms with van der Waals surface area (Å²) in [5.74, 6) is -0.932. The predicted octanol–water partition coefficient (Wildman–Crippen LogP) is 4.38. The quantitative estimate of drug-likeness (QED) is 0.276. The molecule has 0 radical (unpaired) electrons. The molecule has 0 saturated carbocycles. The van der Waals surface area contributed by atoms with Gasteiger partial charge in [-0.1, -0.05) is 30.0 Å². The first-order chi connectivity index (χ1) is 16.2. The lowest BCUT2D eigenvalue weighted by atomic mass is 10.2. The first kappa shape index (κ1) is 24.1. The summed E-state index contributed by atoms with van der Waals surface area (Å²) >= 11 is 1.25. The monoisotopic (exact) mass is 479 g/mol. The molecule has 0 fully saturated rings. The van der Waals surface area contributed by atoms with Crippen LogP contribution in [0.25, 0.3) is 0 Å². The molecule has 0 bridgehead atoms. The molecule has 11 nitrogen and oxygen atoms in total. The number of carbonyl (C=O) groups is 2. The molecule has 3 aromatic rings. The van der Waals surface area contributed by atoms with Crippen molar-refractivity contribution in [1.82, 2.24) is 5.43 Å². The number of rotatable bonds is 8. The van der Waals surface area contributed by atoms with Crippen LogP contribution in [0.15, 0.2) is 81.6 Å². The number of nitrogens with zero attached hydrogens (tertiary/aromatic N) is 3. The third kappa shape index (κ3) is 6.23. The van der Waals surface area contributed by atoms with Crippen molar-refractivity contribution >= 4 is 46.9 Å². The Hall–Kier alpha value is -4.58. The van der Waals surface area contributed by atoms with Crippen LogP contribution in [0.3, 0.4) is 0 Å². The summed E-state index contributed by atoms with van der Waals surface area (Å²) in [6.45, 7) is 1.38.